The highest BCUT2D eigenvalue weighted by Crippen LogP contribution is 2.20. The van der Waals surface area contributed by atoms with Crippen molar-refractivity contribution in [3.8, 4) is 17.4 Å². The Balaban J connectivity index is 2.43. The molecule has 13 heavy (non-hydrogen) atoms. The molecule has 0 unspecified atom stereocenters. The molecule has 1 radical (unpaired) electrons. The maximum absolute atomic E-state index is 8.52. The van der Waals surface area contributed by atoms with Crippen molar-refractivity contribution < 1.29 is 4.42 Å². The van der Waals surface area contributed by atoms with E-state index >= 15 is 0 Å². The van der Waals surface area contributed by atoms with Crippen molar-refractivity contribution in [2.75, 3.05) is 0 Å². The lowest BCUT2D eigenvalue weighted by Crippen LogP contribution is -1.70. The Hall–Kier alpha value is -2.01. The fourth-order valence-corrected chi connectivity index (χ4v) is 1.10. The fraction of sp³-hybridized carbons (Fsp3) is 0. The van der Waals surface area contributed by atoms with Crippen molar-refractivity contribution in [1.82, 2.24) is 0 Å². The van der Waals surface area contributed by atoms with Gasteiger partial charge in [-0.2, -0.15) is 5.26 Å². The molecule has 0 fully saturated rings. The minimum atomic E-state index is 0.221. The maximum atomic E-state index is 8.52. The van der Waals surface area contributed by atoms with Crippen LogP contribution in [-0.4, -0.2) is 0 Å². The molecule has 0 saturated heterocycles. The van der Waals surface area contributed by atoms with Gasteiger partial charge in [-0.1, -0.05) is 30.3 Å². The largest absolute Gasteiger partial charge is 0.445 e. The second-order valence-corrected chi connectivity index (χ2v) is 2.56. The van der Waals surface area contributed by atoms with Crippen molar-refractivity contribution in [3.63, 3.8) is 0 Å². The fourth-order valence-electron chi connectivity index (χ4n) is 1.10. The first-order valence-electron chi connectivity index (χ1n) is 3.87. The summed E-state index contributed by atoms with van der Waals surface area (Å²) in [5, 5.41) is 8.52. The van der Waals surface area contributed by atoms with Crippen molar-refractivity contribution in [3.05, 3.63) is 48.2 Å². The summed E-state index contributed by atoms with van der Waals surface area (Å²) in [4.78, 5) is 0. The summed E-state index contributed by atoms with van der Waals surface area (Å²) in [6.07, 6.45) is 0. The number of hydrogen-bond acceptors (Lipinski definition) is 2. The lowest BCUT2D eigenvalue weighted by Gasteiger charge is -1.93. The summed E-state index contributed by atoms with van der Waals surface area (Å²) in [6.45, 7) is 0. The summed E-state index contributed by atoms with van der Waals surface area (Å²) in [7, 11) is 0. The predicted molar refractivity (Wildman–Crippen MR) is 47.7 cm³/mol. The molecule has 0 N–H and O–H groups in total. The molecule has 61 valence electrons. The highest BCUT2D eigenvalue weighted by atomic mass is 16.3. The van der Waals surface area contributed by atoms with Gasteiger partial charge in [-0.25, -0.2) is 0 Å². The van der Waals surface area contributed by atoms with Gasteiger partial charge in [0.25, 0.3) is 0 Å². The lowest BCUT2D eigenvalue weighted by atomic mass is 10.2. The molecule has 2 aromatic rings. The second-order valence-electron chi connectivity index (χ2n) is 2.56. The van der Waals surface area contributed by atoms with Gasteiger partial charge in [-0.05, 0) is 6.07 Å². The van der Waals surface area contributed by atoms with E-state index in [4.69, 9.17) is 9.68 Å². The Labute approximate surface area is 76.0 Å². The van der Waals surface area contributed by atoms with Crippen LogP contribution in [0.25, 0.3) is 11.3 Å². The minimum Gasteiger partial charge on any atom is -0.445 e. The molecule has 0 bridgehead atoms. The van der Waals surface area contributed by atoms with Crippen LogP contribution in [0, 0.1) is 17.4 Å². The number of nitriles is 1. The molecule has 0 amide bonds. The Morgan fingerprint density at radius 2 is 2.00 bits per heavy atom. The summed E-state index contributed by atoms with van der Waals surface area (Å²) in [6, 6.07) is 15.9. The van der Waals surface area contributed by atoms with E-state index < -0.39 is 0 Å². The number of rotatable bonds is 1. The van der Waals surface area contributed by atoms with Gasteiger partial charge in [0.15, 0.2) is 0 Å². The first kappa shape index (κ1) is 7.63. The molecule has 2 heteroatoms. The normalized spacial score (nSPS) is 9.46. The van der Waals surface area contributed by atoms with Gasteiger partial charge in [0.2, 0.25) is 5.76 Å². The molecule has 0 spiro atoms. The summed E-state index contributed by atoms with van der Waals surface area (Å²) >= 11 is 0. The van der Waals surface area contributed by atoms with Crippen LogP contribution in [0.2, 0.25) is 0 Å². The Morgan fingerprint density at radius 1 is 1.23 bits per heavy atom. The van der Waals surface area contributed by atoms with E-state index in [1.165, 1.54) is 0 Å². The maximum Gasteiger partial charge on any atom is 0.212 e. The summed E-state index contributed by atoms with van der Waals surface area (Å²) < 4.78 is 5.20. The van der Waals surface area contributed by atoms with Gasteiger partial charge >= 0.3 is 0 Å². The molecular formula is C11H6NO. The molecule has 0 saturated carbocycles. The van der Waals surface area contributed by atoms with E-state index in [9.17, 15) is 0 Å². The smallest absolute Gasteiger partial charge is 0.212 e. The third-order valence-electron chi connectivity index (χ3n) is 1.71. The van der Waals surface area contributed by atoms with Crippen LogP contribution in [0.1, 0.15) is 5.76 Å². The van der Waals surface area contributed by atoms with E-state index in [-0.39, 0.29) is 5.76 Å². The quantitative estimate of drug-likeness (QED) is 0.656. The van der Waals surface area contributed by atoms with Crippen LogP contribution < -0.4 is 0 Å². The first-order chi connectivity index (χ1) is 6.40. The monoisotopic (exact) mass is 168 g/mol. The van der Waals surface area contributed by atoms with E-state index in [2.05, 4.69) is 6.07 Å². The van der Waals surface area contributed by atoms with Gasteiger partial charge in [0.1, 0.15) is 11.8 Å². The molecule has 0 aliphatic rings. The van der Waals surface area contributed by atoms with Gasteiger partial charge in [0.05, 0.1) is 0 Å². The molecule has 0 aliphatic heterocycles. The van der Waals surface area contributed by atoms with Crippen LogP contribution in [0.15, 0.2) is 40.8 Å². The first-order valence-corrected chi connectivity index (χ1v) is 3.87. The zero-order chi connectivity index (χ0) is 9.10. The van der Waals surface area contributed by atoms with E-state index in [1.807, 2.05) is 36.4 Å². The van der Waals surface area contributed by atoms with Crippen molar-refractivity contribution in [1.29, 1.82) is 5.26 Å². The van der Waals surface area contributed by atoms with Crippen LogP contribution in [0.3, 0.4) is 0 Å². The predicted octanol–water partition coefficient (Wildman–Crippen LogP) is 2.62. The third kappa shape index (κ3) is 1.45. The number of benzene rings is 1. The molecule has 2 nitrogen and oxygen atoms in total. The molecular weight excluding hydrogens is 162 g/mol. The van der Waals surface area contributed by atoms with Gasteiger partial charge in [-0.3, -0.25) is 0 Å². The zero-order valence-electron chi connectivity index (χ0n) is 6.82. The van der Waals surface area contributed by atoms with Crippen LogP contribution in [0.5, 0.6) is 0 Å². The number of hydrogen-bond donors (Lipinski definition) is 0. The van der Waals surface area contributed by atoms with Crippen molar-refractivity contribution >= 4 is 0 Å². The molecule has 1 aromatic heterocycles. The van der Waals surface area contributed by atoms with Crippen molar-refractivity contribution in [2.24, 2.45) is 0 Å². The third-order valence-corrected chi connectivity index (χ3v) is 1.71. The molecule has 2 rings (SSSR count). The van der Waals surface area contributed by atoms with Gasteiger partial charge in [-0.15, -0.1) is 0 Å². The standard InChI is InChI=1S/C11H6NO/c12-8-10-6-7-11(13-10)9-4-2-1-3-5-9/h1-5,7H. The lowest BCUT2D eigenvalue weighted by molar-refractivity contribution is 0.567. The summed E-state index contributed by atoms with van der Waals surface area (Å²) in [5.74, 6) is 0.899. The molecule has 1 heterocycles. The second kappa shape index (κ2) is 3.16. The SMILES string of the molecule is N#Cc1[c]cc(-c2ccccc2)o1. The number of nitrogens with zero attached hydrogens (tertiary/aromatic N) is 1. The minimum absolute atomic E-state index is 0.221. The molecule has 1 aromatic carbocycles. The van der Waals surface area contributed by atoms with Crippen LogP contribution in [0.4, 0.5) is 0 Å². The Morgan fingerprint density at radius 3 is 2.62 bits per heavy atom. The Bertz CT molecular complexity index is 437. The van der Waals surface area contributed by atoms with Crippen molar-refractivity contribution in [2.45, 2.75) is 0 Å². The number of furan rings is 1. The zero-order valence-corrected chi connectivity index (χ0v) is 6.82. The summed E-state index contributed by atoms with van der Waals surface area (Å²) in [5.41, 5.74) is 0.959. The van der Waals surface area contributed by atoms with Crippen LogP contribution >= 0.6 is 0 Å². The Kier molecular flexibility index (Phi) is 1.85. The van der Waals surface area contributed by atoms with E-state index in [1.54, 1.807) is 6.07 Å². The van der Waals surface area contributed by atoms with Gasteiger partial charge < -0.3 is 4.42 Å². The average molecular weight is 168 g/mol. The van der Waals surface area contributed by atoms with Gasteiger partial charge in [0, 0.05) is 11.6 Å². The van der Waals surface area contributed by atoms with E-state index in [0.717, 1.165) is 5.56 Å². The molecule has 0 aliphatic carbocycles. The molecule has 0 atom stereocenters. The highest BCUT2D eigenvalue weighted by molar-refractivity contribution is 5.57. The topological polar surface area (TPSA) is 36.9 Å². The van der Waals surface area contributed by atoms with Crippen LogP contribution in [-0.2, 0) is 0 Å². The van der Waals surface area contributed by atoms with E-state index in [0.29, 0.717) is 5.76 Å². The highest BCUT2D eigenvalue weighted by Gasteiger charge is 2.02. The average Bonchev–Trinajstić information content (AvgIpc) is 2.67.